The molecule has 0 saturated heterocycles. The Morgan fingerprint density at radius 1 is 1.00 bits per heavy atom. The van der Waals surface area contributed by atoms with Crippen molar-refractivity contribution in [3.63, 3.8) is 0 Å². The Morgan fingerprint density at radius 2 is 1.73 bits per heavy atom. The van der Waals surface area contributed by atoms with E-state index in [-0.39, 0.29) is 11.5 Å². The molecule has 0 aliphatic carbocycles. The van der Waals surface area contributed by atoms with Gasteiger partial charge in [0.2, 0.25) is 5.91 Å². The van der Waals surface area contributed by atoms with Crippen LogP contribution in [0.25, 0.3) is 11.8 Å². The SMILES string of the molecule is COc1ccc(-n2nc3c(c2NC(=O)/C=C/c2ccc(OC)c(OC)c2)CS(=O)(=O)C3)cc1. The minimum absolute atomic E-state index is 0.157. The van der Waals surface area contributed by atoms with E-state index in [2.05, 4.69) is 10.4 Å². The second-order valence-corrected chi connectivity index (χ2v) is 9.42. The van der Waals surface area contributed by atoms with Gasteiger partial charge in [-0.25, -0.2) is 13.1 Å². The van der Waals surface area contributed by atoms with Gasteiger partial charge in [-0.3, -0.25) is 4.79 Å². The average Bonchev–Trinajstić information content (AvgIpc) is 3.29. The summed E-state index contributed by atoms with van der Waals surface area (Å²) in [4.78, 5) is 12.7. The standard InChI is InChI=1S/C23H23N3O6S/c1-30-17-8-6-16(7-9-17)26-23(18-13-33(28,29)14-19(18)25-26)24-22(27)11-5-15-4-10-20(31-2)21(12-15)32-3/h4-12H,13-14H2,1-3H3,(H,24,27)/b11-5+. The predicted molar refractivity (Wildman–Crippen MR) is 124 cm³/mol. The number of fused-ring (bicyclic) bond motifs is 1. The van der Waals surface area contributed by atoms with Crippen LogP contribution in [-0.2, 0) is 26.1 Å². The molecule has 1 aliphatic heterocycles. The number of benzene rings is 2. The van der Waals surface area contributed by atoms with Crippen molar-refractivity contribution in [2.45, 2.75) is 11.5 Å². The highest BCUT2D eigenvalue weighted by Gasteiger charge is 2.33. The van der Waals surface area contributed by atoms with E-state index in [1.54, 1.807) is 67.4 Å². The van der Waals surface area contributed by atoms with Crippen LogP contribution >= 0.6 is 0 Å². The van der Waals surface area contributed by atoms with E-state index in [0.29, 0.717) is 40.0 Å². The van der Waals surface area contributed by atoms with Crippen molar-refractivity contribution in [3.8, 4) is 22.9 Å². The van der Waals surface area contributed by atoms with Gasteiger partial charge >= 0.3 is 0 Å². The predicted octanol–water partition coefficient (Wildman–Crippen LogP) is 2.98. The van der Waals surface area contributed by atoms with Gasteiger partial charge in [-0.1, -0.05) is 6.07 Å². The largest absolute Gasteiger partial charge is 0.497 e. The third-order valence-electron chi connectivity index (χ3n) is 5.18. The molecule has 0 saturated carbocycles. The summed E-state index contributed by atoms with van der Waals surface area (Å²) in [5.41, 5.74) is 2.34. The lowest BCUT2D eigenvalue weighted by molar-refractivity contribution is -0.111. The Balaban J connectivity index is 1.62. The summed E-state index contributed by atoms with van der Waals surface area (Å²) in [6, 6.07) is 12.4. The number of hydrogen-bond donors (Lipinski definition) is 1. The summed E-state index contributed by atoms with van der Waals surface area (Å²) < 4.78 is 41.5. The number of rotatable bonds is 7. The highest BCUT2D eigenvalue weighted by atomic mass is 32.2. The average molecular weight is 470 g/mol. The van der Waals surface area contributed by atoms with Gasteiger partial charge < -0.3 is 19.5 Å². The molecular formula is C23H23N3O6S. The number of carbonyl (C=O) groups is 1. The van der Waals surface area contributed by atoms with Crippen molar-refractivity contribution >= 4 is 27.6 Å². The van der Waals surface area contributed by atoms with Gasteiger partial charge in [0.05, 0.1) is 44.2 Å². The molecule has 1 amide bonds. The lowest BCUT2D eigenvalue weighted by atomic mass is 10.2. The van der Waals surface area contributed by atoms with Gasteiger partial charge in [-0.05, 0) is 48.0 Å². The molecule has 3 aromatic rings. The summed E-state index contributed by atoms with van der Waals surface area (Å²) in [5.74, 6) is 1.37. The van der Waals surface area contributed by atoms with Gasteiger partial charge in [0.1, 0.15) is 11.6 Å². The second-order valence-electron chi connectivity index (χ2n) is 7.35. The van der Waals surface area contributed by atoms with E-state index in [9.17, 15) is 13.2 Å². The number of carbonyl (C=O) groups excluding carboxylic acids is 1. The van der Waals surface area contributed by atoms with Gasteiger partial charge in [0.25, 0.3) is 0 Å². The number of sulfone groups is 1. The molecular weight excluding hydrogens is 446 g/mol. The fourth-order valence-electron chi connectivity index (χ4n) is 3.57. The van der Waals surface area contributed by atoms with Crippen LogP contribution in [0, 0.1) is 0 Å². The van der Waals surface area contributed by atoms with Crippen LogP contribution < -0.4 is 19.5 Å². The van der Waals surface area contributed by atoms with Gasteiger partial charge in [-0.2, -0.15) is 5.10 Å². The number of ether oxygens (including phenoxy) is 3. The van der Waals surface area contributed by atoms with Crippen LogP contribution in [0.3, 0.4) is 0 Å². The maximum Gasteiger partial charge on any atom is 0.249 e. The molecule has 0 atom stereocenters. The first-order chi connectivity index (χ1) is 15.8. The molecule has 9 nitrogen and oxygen atoms in total. The highest BCUT2D eigenvalue weighted by Crippen LogP contribution is 2.33. The van der Waals surface area contributed by atoms with E-state index in [4.69, 9.17) is 14.2 Å². The van der Waals surface area contributed by atoms with Crippen molar-refractivity contribution in [1.82, 2.24) is 9.78 Å². The van der Waals surface area contributed by atoms with Gasteiger partial charge in [0, 0.05) is 11.6 Å². The Hall–Kier alpha value is -3.79. The fraction of sp³-hybridized carbons (Fsp3) is 0.217. The molecule has 2 heterocycles. The van der Waals surface area contributed by atoms with Crippen LogP contribution in [0.1, 0.15) is 16.8 Å². The Morgan fingerprint density at radius 3 is 2.39 bits per heavy atom. The van der Waals surface area contributed by atoms with Gasteiger partial charge in [-0.15, -0.1) is 0 Å². The summed E-state index contributed by atoms with van der Waals surface area (Å²) in [5, 5.41) is 7.25. The quantitative estimate of drug-likeness (QED) is 0.530. The van der Waals surface area contributed by atoms with Crippen LogP contribution in [-0.4, -0.2) is 45.4 Å². The van der Waals surface area contributed by atoms with Crippen molar-refractivity contribution in [2.24, 2.45) is 0 Å². The van der Waals surface area contributed by atoms with E-state index in [0.717, 1.165) is 5.56 Å². The fourth-order valence-corrected chi connectivity index (χ4v) is 5.06. The summed E-state index contributed by atoms with van der Waals surface area (Å²) in [6.07, 6.45) is 2.99. The first-order valence-electron chi connectivity index (χ1n) is 10.00. The van der Waals surface area contributed by atoms with Crippen LogP contribution in [0.5, 0.6) is 17.2 Å². The monoisotopic (exact) mass is 469 g/mol. The maximum absolute atomic E-state index is 12.7. The molecule has 0 spiro atoms. The number of nitrogens with zero attached hydrogens (tertiary/aromatic N) is 2. The third-order valence-corrected chi connectivity index (χ3v) is 6.62. The number of aromatic nitrogens is 2. The topological polar surface area (TPSA) is 109 Å². The maximum atomic E-state index is 12.7. The minimum atomic E-state index is -3.29. The molecule has 0 bridgehead atoms. The second kappa shape index (κ2) is 8.99. The normalized spacial score (nSPS) is 14.2. The zero-order valence-electron chi connectivity index (χ0n) is 18.4. The minimum Gasteiger partial charge on any atom is -0.497 e. The van der Waals surface area contributed by atoms with Crippen LogP contribution in [0.2, 0.25) is 0 Å². The number of methoxy groups -OCH3 is 3. The summed E-state index contributed by atoms with van der Waals surface area (Å²) >= 11 is 0. The Bertz CT molecular complexity index is 1330. The van der Waals surface area contributed by atoms with Crippen LogP contribution in [0.4, 0.5) is 5.82 Å². The van der Waals surface area contributed by atoms with Crippen molar-refractivity contribution in [3.05, 3.63) is 65.4 Å². The Labute approximate surface area is 191 Å². The molecule has 1 aromatic heterocycles. The van der Waals surface area contributed by atoms with Crippen molar-refractivity contribution in [1.29, 1.82) is 0 Å². The molecule has 172 valence electrons. The van der Waals surface area contributed by atoms with Crippen molar-refractivity contribution < 1.29 is 27.4 Å². The first-order valence-corrected chi connectivity index (χ1v) is 11.8. The molecule has 1 aliphatic rings. The first kappa shape index (κ1) is 22.4. The van der Waals surface area contributed by atoms with Crippen LogP contribution in [0.15, 0.2) is 48.5 Å². The number of amides is 1. The lowest BCUT2D eigenvalue weighted by Crippen LogP contribution is -2.14. The number of anilines is 1. The molecule has 0 fully saturated rings. The molecule has 0 unspecified atom stereocenters. The summed E-state index contributed by atoms with van der Waals surface area (Å²) in [6.45, 7) is 0. The smallest absolute Gasteiger partial charge is 0.249 e. The number of hydrogen-bond acceptors (Lipinski definition) is 7. The molecule has 10 heteroatoms. The highest BCUT2D eigenvalue weighted by molar-refractivity contribution is 7.90. The van der Waals surface area contributed by atoms with E-state index < -0.39 is 15.7 Å². The van der Waals surface area contributed by atoms with Gasteiger partial charge in [0.15, 0.2) is 21.3 Å². The zero-order valence-corrected chi connectivity index (χ0v) is 19.2. The molecule has 33 heavy (non-hydrogen) atoms. The number of nitrogens with one attached hydrogen (secondary N) is 1. The zero-order chi connectivity index (χ0) is 23.6. The Kier molecular flexibility index (Phi) is 6.10. The lowest BCUT2D eigenvalue weighted by Gasteiger charge is -2.11. The molecule has 2 aromatic carbocycles. The van der Waals surface area contributed by atoms with Crippen molar-refractivity contribution in [2.75, 3.05) is 26.6 Å². The molecule has 4 rings (SSSR count). The molecule has 1 N–H and O–H groups in total. The van der Waals surface area contributed by atoms with E-state index in [1.165, 1.54) is 13.2 Å². The van der Waals surface area contributed by atoms with E-state index >= 15 is 0 Å². The van der Waals surface area contributed by atoms with E-state index in [1.807, 2.05) is 0 Å². The third kappa shape index (κ3) is 4.70. The summed E-state index contributed by atoms with van der Waals surface area (Å²) in [7, 11) is 1.36. The molecule has 0 radical (unpaired) electrons.